The summed E-state index contributed by atoms with van der Waals surface area (Å²) in [6.07, 6.45) is 4.67. The number of hydrogen-bond donors (Lipinski definition) is 1. The van der Waals surface area contributed by atoms with Gasteiger partial charge in [-0.15, -0.1) is 0 Å². The van der Waals surface area contributed by atoms with Crippen molar-refractivity contribution in [1.82, 2.24) is 14.9 Å². The molecule has 2 heterocycles. The van der Waals surface area contributed by atoms with E-state index >= 15 is 0 Å². The zero-order valence-electron chi connectivity index (χ0n) is 11.2. The Kier molecular flexibility index (Phi) is 4.28. The monoisotopic (exact) mass is 332 g/mol. The SMILES string of the molecule is Brc1cnc(NC2CCN(Cc3ccccc3)C2)nc1. The first-order valence-corrected chi connectivity index (χ1v) is 7.59. The van der Waals surface area contributed by atoms with E-state index in [2.05, 4.69) is 66.4 Å². The molecule has 3 rings (SSSR count). The van der Waals surface area contributed by atoms with Gasteiger partial charge in [0.2, 0.25) is 5.95 Å². The topological polar surface area (TPSA) is 41.1 Å². The largest absolute Gasteiger partial charge is 0.350 e. The normalized spacial score (nSPS) is 19.1. The van der Waals surface area contributed by atoms with Crippen LogP contribution in [0.3, 0.4) is 0 Å². The van der Waals surface area contributed by atoms with E-state index in [1.807, 2.05) is 0 Å². The average Bonchev–Trinajstić information content (AvgIpc) is 2.90. The number of benzene rings is 1. The average molecular weight is 333 g/mol. The molecule has 0 spiro atoms. The van der Waals surface area contributed by atoms with Crippen molar-refractivity contribution in [1.29, 1.82) is 0 Å². The first-order chi connectivity index (χ1) is 9.79. The van der Waals surface area contributed by atoms with E-state index in [0.29, 0.717) is 12.0 Å². The highest BCUT2D eigenvalue weighted by Gasteiger charge is 2.22. The highest BCUT2D eigenvalue weighted by molar-refractivity contribution is 9.10. The Balaban J connectivity index is 1.53. The van der Waals surface area contributed by atoms with Crippen molar-refractivity contribution in [3.05, 3.63) is 52.8 Å². The third kappa shape index (κ3) is 3.55. The van der Waals surface area contributed by atoms with Gasteiger partial charge in [-0.3, -0.25) is 4.90 Å². The van der Waals surface area contributed by atoms with Gasteiger partial charge in [0.15, 0.2) is 0 Å². The van der Waals surface area contributed by atoms with Gasteiger partial charge in [-0.05, 0) is 27.9 Å². The number of hydrogen-bond acceptors (Lipinski definition) is 4. The fourth-order valence-electron chi connectivity index (χ4n) is 2.51. The summed E-state index contributed by atoms with van der Waals surface area (Å²) in [7, 11) is 0. The van der Waals surface area contributed by atoms with Crippen LogP contribution >= 0.6 is 15.9 Å². The Labute approximate surface area is 127 Å². The van der Waals surface area contributed by atoms with E-state index in [4.69, 9.17) is 0 Å². The minimum Gasteiger partial charge on any atom is -0.350 e. The van der Waals surface area contributed by atoms with E-state index in [9.17, 15) is 0 Å². The Morgan fingerprint density at radius 3 is 2.70 bits per heavy atom. The molecule has 1 aromatic carbocycles. The first-order valence-electron chi connectivity index (χ1n) is 6.80. The molecule has 1 aromatic heterocycles. The molecular formula is C15H17BrN4. The van der Waals surface area contributed by atoms with Crippen LogP contribution in [-0.4, -0.2) is 34.0 Å². The van der Waals surface area contributed by atoms with Crippen LogP contribution in [0, 0.1) is 0 Å². The lowest BCUT2D eigenvalue weighted by Gasteiger charge is -2.16. The predicted octanol–water partition coefficient (Wildman–Crippen LogP) is 2.93. The molecule has 1 N–H and O–H groups in total. The molecule has 0 aliphatic carbocycles. The summed E-state index contributed by atoms with van der Waals surface area (Å²) in [4.78, 5) is 11.0. The lowest BCUT2D eigenvalue weighted by molar-refractivity contribution is 0.328. The molecule has 1 fully saturated rings. The summed E-state index contributed by atoms with van der Waals surface area (Å²) in [5.41, 5.74) is 1.37. The second-order valence-corrected chi connectivity index (χ2v) is 5.99. The van der Waals surface area contributed by atoms with Crippen molar-refractivity contribution in [2.75, 3.05) is 18.4 Å². The second kappa shape index (κ2) is 6.33. The number of nitrogens with zero attached hydrogens (tertiary/aromatic N) is 3. The molecule has 0 saturated carbocycles. The number of halogens is 1. The maximum Gasteiger partial charge on any atom is 0.222 e. The summed E-state index contributed by atoms with van der Waals surface area (Å²) in [5.74, 6) is 0.708. The molecule has 0 bridgehead atoms. The Morgan fingerprint density at radius 1 is 1.20 bits per heavy atom. The van der Waals surface area contributed by atoms with Crippen LogP contribution in [0.25, 0.3) is 0 Å². The molecule has 1 aliphatic rings. The highest BCUT2D eigenvalue weighted by atomic mass is 79.9. The molecule has 4 nitrogen and oxygen atoms in total. The lowest BCUT2D eigenvalue weighted by Crippen LogP contribution is -2.26. The van der Waals surface area contributed by atoms with E-state index in [0.717, 1.165) is 30.5 Å². The maximum atomic E-state index is 4.26. The molecule has 20 heavy (non-hydrogen) atoms. The van der Waals surface area contributed by atoms with Crippen LogP contribution < -0.4 is 5.32 Å². The van der Waals surface area contributed by atoms with Gasteiger partial charge < -0.3 is 5.32 Å². The minimum atomic E-state index is 0.430. The summed E-state index contributed by atoms with van der Waals surface area (Å²) in [6.45, 7) is 3.16. The molecule has 0 amide bonds. The molecule has 1 aliphatic heterocycles. The Hall–Kier alpha value is -1.46. The van der Waals surface area contributed by atoms with Crippen LogP contribution in [0.4, 0.5) is 5.95 Å². The summed E-state index contributed by atoms with van der Waals surface area (Å²) < 4.78 is 0.903. The molecule has 5 heteroatoms. The third-order valence-corrected chi connectivity index (χ3v) is 3.88. The number of rotatable bonds is 4. The number of likely N-dealkylation sites (tertiary alicyclic amines) is 1. The van der Waals surface area contributed by atoms with Gasteiger partial charge >= 0.3 is 0 Å². The molecule has 104 valence electrons. The predicted molar refractivity (Wildman–Crippen MR) is 83.5 cm³/mol. The van der Waals surface area contributed by atoms with Crippen molar-refractivity contribution in [3.8, 4) is 0 Å². The Bertz CT molecular complexity index is 544. The van der Waals surface area contributed by atoms with Crippen molar-refractivity contribution in [2.45, 2.75) is 19.0 Å². The van der Waals surface area contributed by atoms with Crippen LogP contribution in [0.2, 0.25) is 0 Å². The highest BCUT2D eigenvalue weighted by Crippen LogP contribution is 2.16. The van der Waals surface area contributed by atoms with Gasteiger partial charge in [0.1, 0.15) is 0 Å². The van der Waals surface area contributed by atoms with E-state index in [1.54, 1.807) is 12.4 Å². The first kappa shape index (κ1) is 13.5. The Morgan fingerprint density at radius 2 is 1.95 bits per heavy atom. The van der Waals surface area contributed by atoms with Gasteiger partial charge in [-0.1, -0.05) is 30.3 Å². The van der Waals surface area contributed by atoms with Crippen LogP contribution in [0.5, 0.6) is 0 Å². The van der Waals surface area contributed by atoms with Gasteiger partial charge in [0, 0.05) is 38.1 Å². The summed E-state index contributed by atoms with van der Waals surface area (Å²) in [5, 5.41) is 3.40. The smallest absolute Gasteiger partial charge is 0.222 e. The summed E-state index contributed by atoms with van der Waals surface area (Å²) >= 11 is 3.34. The van der Waals surface area contributed by atoms with Crippen molar-refractivity contribution in [2.24, 2.45) is 0 Å². The van der Waals surface area contributed by atoms with Crippen molar-refractivity contribution < 1.29 is 0 Å². The minimum absolute atomic E-state index is 0.430. The van der Waals surface area contributed by atoms with E-state index in [1.165, 1.54) is 5.56 Å². The molecule has 1 saturated heterocycles. The van der Waals surface area contributed by atoms with E-state index < -0.39 is 0 Å². The number of nitrogens with one attached hydrogen (secondary N) is 1. The molecule has 2 aromatic rings. The zero-order valence-corrected chi connectivity index (χ0v) is 12.8. The quantitative estimate of drug-likeness (QED) is 0.934. The molecule has 1 unspecified atom stereocenters. The van der Waals surface area contributed by atoms with Gasteiger partial charge in [-0.25, -0.2) is 9.97 Å². The second-order valence-electron chi connectivity index (χ2n) is 5.08. The lowest BCUT2D eigenvalue weighted by atomic mass is 10.2. The molecular weight excluding hydrogens is 316 g/mol. The third-order valence-electron chi connectivity index (χ3n) is 3.47. The van der Waals surface area contributed by atoms with E-state index in [-0.39, 0.29) is 0 Å². The van der Waals surface area contributed by atoms with Crippen LogP contribution in [0.1, 0.15) is 12.0 Å². The fourth-order valence-corrected chi connectivity index (χ4v) is 2.71. The maximum absolute atomic E-state index is 4.26. The summed E-state index contributed by atoms with van der Waals surface area (Å²) in [6, 6.07) is 11.0. The van der Waals surface area contributed by atoms with Gasteiger partial charge in [0.05, 0.1) is 4.47 Å². The van der Waals surface area contributed by atoms with Crippen LogP contribution in [0.15, 0.2) is 47.2 Å². The number of anilines is 1. The molecule has 1 atom stereocenters. The fraction of sp³-hybridized carbons (Fsp3) is 0.333. The van der Waals surface area contributed by atoms with Crippen LogP contribution in [-0.2, 0) is 6.54 Å². The van der Waals surface area contributed by atoms with Gasteiger partial charge in [0.25, 0.3) is 0 Å². The zero-order chi connectivity index (χ0) is 13.8. The van der Waals surface area contributed by atoms with Gasteiger partial charge in [-0.2, -0.15) is 0 Å². The van der Waals surface area contributed by atoms with Crippen molar-refractivity contribution in [3.63, 3.8) is 0 Å². The van der Waals surface area contributed by atoms with Crippen molar-refractivity contribution >= 4 is 21.9 Å². The number of aromatic nitrogens is 2. The molecule has 0 radical (unpaired) electrons. The standard InChI is InChI=1S/C15H17BrN4/c16-13-8-17-15(18-9-13)19-14-6-7-20(11-14)10-12-4-2-1-3-5-12/h1-5,8-9,14H,6-7,10-11H2,(H,17,18,19).